The van der Waals surface area contributed by atoms with Crippen LogP contribution in [0.2, 0.25) is 0 Å². The van der Waals surface area contributed by atoms with Gasteiger partial charge in [0.05, 0.1) is 29.6 Å². The number of β-amino-alcohol motifs (C(OH)–C–C–N with tert-alkyl or cyclic N) is 1. The molecule has 0 amide bonds. The highest BCUT2D eigenvalue weighted by Gasteiger charge is 2.47. The summed E-state index contributed by atoms with van der Waals surface area (Å²) in [7, 11) is -4.07. The van der Waals surface area contributed by atoms with E-state index in [4.69, 9.17) is 0 Å². The zero-order valence-electron chi connectivity index (χ0n) is 16.4. The molecule has 3 aromatic rings. The van der Waals surface area contributed by atoms with E-state index in [1.54, 1.807) is 0 Å². The van der Waals surface area contributed by atoms with Crippen LogP contribution >= 0.6 is 11.3 Å². The SMILES string of the molecule is N#CC1(NS(=O)(=O)c2cc(N3CCC(O)C3)c3cnc(-c4nnc(C(F)F)s4)n3c2)CC1. The van der Waals surface area contributed by atoms with Crippen molar-refractivity contribution < 1.29 is 22.3 Å². The van der Waals surface area contributed by atoms with E-state index < -0.39 is 33.1 Å². The number of aliphatic hydroxyl groups excluding tert-OH is 1. The van der Waals surface area contributed by atoms with Crippen molar-refractivity contribution in [3.63, 3.8) is 0 Å². The van der Waals surface area contributed by atoms with E-state index in [-0.39, 0.29) is 15.7 Å². The van der Waals surface area contributed by atoms with E-state index in [0.717, 1.165) is 0 Å². The van der Waals surface area contributed by atoms with Crippen LogP contribution in [0.1, 0.15) is 30.7 Å². The quantitative estimate of drug-likeness (QED) is 0.543. The van der Waals surface area contributed by atoms with E-state index in [2.05, 4.69) is 19.9 Å². The van der Waals surface area contributed by atoms with Gasteiger partial charge in [0.15, 0.2) is 15.8 Å². The van der Waals surface area contributed by atoms with Gasteiger partial charge >= 0.3 is 0 Å². The molecule has 2 aliphatic rings. The van der Waals surface area contributed by atoms with Gasteiger partial charge in [-0.3, -0.25) is 4.40 Å². The smallest absolute Gasteiger partial charge is 0.291 e. The highest BCUT2D eigenvalue weighted by molar-refractivity contribution is 7.89. The molecular formula is C18H17F2N7O3S2. The summed E-state index contributed by atoms with van der Waals surface area (Å²) < 4.78 is 56.1. The number of alkyl halides is 2. The fourth-order valence-electron chi connectivity index (χ4n) is 3.66. The second kappa shape index (κ2) is 7.41. The lowest BCUT2D eigenvalue weighted by atomic mass is 10.3. The number of halogens is 2. The highest BCUT2D eigenvalue weighted by Crippen LogP contribution is 2.38. The Morgan fingerprint density at radius 3 is 2.75 bits per heavy atom. The van der Waals surface area contributed by atoms with Gasteiger partial charge in [-0.15, -0.1) is 10.2 Å². The standard InChI is InChI=1S/C18H17F2N7O3S2/c19-14(20)16-23-24-17(31-16)15-22-6-13-12(26-4-1-10(28)7-26)5-11(8-27(13)15)32(29,30)25-18(9-21)2-3-18/h5-6,8,10,14,25,28H,1-4,7H2. The maximum atomic E-state index is 13.1. The minimum Gasteiger partial charge on any atom is -0.391 e. The Labute approximate surface area is 185 Å². The Morgan fingerprint density at radius 2 is 2.16 bits per heavy atom. The second-order valence-electron chi connectivity index (χ2n) is 7.83. The Balaban J connectivity index is 1.66. The average Bonchev–Trinajstić information content (AvgIpc) is 3.14. The van der Waals surface area contributed by atoms with Crippen LogP contribution in [0.3, 0.4) is 0 Å². The summed E-state index contributed by atoms with van der Waals surface area (Å²) in [4.78, 5) is 6.01. The Morgan fingerprint density at radius 1 is 1.38 bits per heavy atom. The summed E-state index contributed by atoms with van der Waals surface area (Å²) in [5.41, 5.74) is -0.0622. The van der Waals surface area contributed by atoms with E-state index in [1.165, 1.54) is 22.9 Å². The topological polar surface area (TPSA) is 137 Å². The number of imidazole rings is 1. The van der Waals surface area contributed by atoms with Crippen molar-refractivity contribution in [1.29, 1.82) is 5.26 Å². The van der Waals surface area contributed by atoms with Crippen molar-refractivity contribution in [2.24, 2.45) is 0 Å². The van der Waals surface area contributed by atoms with Crippen LogP contribution < -0.4 is 9.62 Å². The van der Waals surface area contributed by atoms with Crippen molar-refractivity contribution in [3.05, 3.63) is 23.5 Å². The van der Waals surface area contributed by atoms with Gasteiger partial charge in [-0.05, 0) is 25.3 Å². The minimum atomic E-state index is -4.07. The van der Waals surface area contributed by atoms with Crippen molar-refractivity contribution in [3.8, 4) is 16.9 Å². The zero-order valence-corrected chi connectivity index (χ0v) is 18.1. The van der Waals surface area contributed by atoms with Crippen LogP contribution in [0, 0.1) is 11.3 Å². The van der Waals surface area contributed by atoms with Gasteiger partial charge in [-0.25, -0.2) is 22.2 Å². The maximum absolute atomic E-state index is 13.1. The average molecular weight is 482 g/mol. The van der Waals surface area contributed by atoms with Gasteiger partial charge in [0, 0.05) is 19.3 Å². The molecule has 1 saturated carbocycles. The third-order valence-corrected chi connectivity index (χ3v) is 7.95. The molecule has 168 valence electrons. The fraction of sp³-hybridized carbons (Fsp3) is 0.444. The third kappa shape index (κ3) is 3.60. The van der Waals surface area contributed by atoms with Crippen LogP contribution in [-0.2, 0) is 10.0 Å². The van der Waals surface area contributed by atoms with Gasteiger partial charge in [0.25, 0.3) is 6.43 Å². The monoisotopic (exact) mass is 481 g/mol. The number of sulfonamides is 1. The molecule has 1 saturated heterocycles. The zero-order chi connectivity index (χ0) is 22.7. The number of aliphatic hydroxyl groups is 1. The number of fused-ring (bicyclic) bond motifs is 1. The summed E-state index contributed by atoms with van der Waals surface area (Å²) in [5.74, 6) is 0.170. The van der Waals surface area contributed by atoms with E-state index >= 15 is 0 Å². The number of anilines is 1. The molecule has 0 spiro atoms. The van der Waals surface area contributed by atoms with Gasteiger partial charge in [0.1, 0.15) is 10.4 Å². The predicted octanol–water partition coefficient (Wildman–Crippen LogP) is 1.70. The molecule has 1 atom stereocenters. The van der Waals surface area contributed by atoms with Crippen LogP contribution in [0.15, 0.2) is 23.4 Å². The molecule has 2 fully saturated rings. The van der Waals surface area contributed by atoms with Crippen molar-refractivity contribution in [2.75, 3.05) is 18.0 Å². The summed E-state index contributed by atoms with van der Waals surface area (Å²) in [6.45, 7) is 0.814. The molecular weight excluding hydrogens is 464 g/mol. The lowest BCUT2D eigenvalue weighted by molar-refractivity contribution is 0.150. The van der Waals surface area contributed by atoms with E-state index in [0.29, 0.717) is 54.9 Å². The number of rotatable bonds is 6. The molecule has 0 aromatic carbocycles. The molecule has 14 heteroatoms. The highest BCUT2D eigenvalue weighted by atomic mass is 32.2. The molecule has 1 aliphatic carbocycles. The minimum absolute atomic E-state index is 0.110. The normalized spacial score (nSPS) is 20.2. The Hall–Kier alpha value is -2.73. The first kappa shape index (κ1) is 21.1. The van der Waals surface area contributed by atoms with Crippen LogP contribution in [0.5, 0.6) is 0 Å². The van der Waals surface area contributed by atoms with E-state index in [9.17, 15) is 27.6 Å². The first-order valence-electron chi connectivity index (χ1n) is 9.73. The molecule has 5 rings (SSSR count). The summed E-state index contributed by atoms with van der Waals surface area (Å²) >= 11 is 0.672. The van der Waals surface area contributed by atoms with Crippen molar-refractivity contribution in [1.82, 2.24) is 24.3 Å². The summed E-state index contributed by atoms with van der Waals surface area (Å²) in [6, 6.07) is 3.47. The van der Waals surface area contributed by atoms with Gasteiger partial charge < -0.3 is 10.0 Å². The van der Waals surface area contributed by atoms with Crippen LogP contribution in [0.25, 0.3) is 16.3 Å². The third-order valence-electron chi connectivity index (χ3n) is 5.52. The van der Waals surface area contributed by atoms with Gasteiger partial charge in [-0.2, -0.15) is 9.98 Å². The molecule has 3 aromatic heterocycles. The molecule has 10 nitrogen and oxygen atoms in total. The number of nitriles is 1. The fourth-order valence-corrected chi connectivity index (χ4v) is 5.75. The molecule has 4 heterocycles. The molecule has 1 aliphatic heterocycles. The Bertz CT molecular complexity index is 1340. The van der Waals surface area contributed by atoms with Gasteiger partial charge in [-0.1, -0.05) is 11.3 Å². The molecule has 0 bridgehead atoms. The lowest BCUT2D eigenvalue weighted by Gasteiger charge is -2.21. The van der Waals surface area contributed by atoms with Crippen molar-refractivity contribution >= 4 is 32.6 Å². The van der Waals surface area contributed by atoms with Crippen molar-refractivity contribution in [2.45, 2.75) is 42.2 Å². The molecule has 1 unspecified atom stereocenters. The van der Waals surface area contributed by atoms with Crippen LogP contribution in [-0.4, -0.2) is 57.8 Å². The molecule has 2 N–H and O–H groups in total. The number of nitrogens with one attached hydrogen (secondary N) is 1. The number of aromatic nitrogens is 4. The number of hydrogen-bond donors (Lipinski definition) is 2. The summed E-state index contributed by atoms with van der Waals surface area (Å²) in [6.07, 6.45) is 0.860. The summed E-state index contributed by atoms with van der Waals surface area (Å²) in [5, 5.41) is 26.2. The lowest BCUT2D eigenvalue weighted by Crippen LogP contribution is -2.35. The maximum Gasteiger partial charge on any atom is 0.291 e. The Kier molecular flexibility index (Phi) is 4.89. The predicted molar refractivity (Wildman–Crippen MR) is 110 cm³/mol. The number of nitrogens with zero attached hydrogens (tertiary/aromatic N) is 6. The first-order valence-corrected chi connectivity index (χ1v) is 12.0. The largest absolute Gasteiger partial charge is 0.391 e. The number of hydrogen-bond acceptors (Lipinski definition) is 9. The van der Waals surface area contributed by atoms with Gasteiger partial charge in [0.2, 0.25) is 10.0 Å². The first-order chi connectivity index (χ1) is 15.2. The van der Waals surface area contributed by atoms with E-state index in [1.807, 2.05) is 11.0 Å². The molecule has 32 heavy (non-hydrogen) atoms. The number of pyridine rings is 1. The molecule has 0 radical (unpaired) electrons. The van der Waals surface area contributed by atoms with Crippen LogP contribution in [0.4, 0.5) is 14.5 Å². The second-order valence-corrected chi connectivity index (χ2v) is 10.5.